The minimum atomic E-state index is -0.850. The third-order valence-corrected chi connectivity index (χ3v) is 2.25. The van der Waals surface area contributed by atoms with E-state index in [0.717, 1.165) is 0 Å². The lowest BCUT2D eigenvalue weighted by Crippen LogP contribution is -2.35. The van der Waals surface area contributed by atoms with Gasteiger partial charge in [-0.25, -0.2) is 4.79 Å². The van der Waals surface area contributed by atoms with E-state index in [0.29, 0.717) is 0 Å². The molecule has 7 heteroatoms. The average Bonchev–Trinajstić information content (AvgIpc) is 2.70. The Morgan fingerprint density at radius 3 is 2.87 bits per heavy atom. The van der Waals surface area contributed by atoms with Gasteiger partial charge in [-0.3, -0.25) is 20.3 Å². The van der Waals surface area contributed by atoms with Crippen LogP contribution in [-0.2, 0) is 19.1 Å². The Morgan fingerprint density at radius 1 is 1.47 bits per heavy atom. The number of hydrogen-bond acceptors (Lipinski definition) is 6. The highest BCUT2D eigenvalue weighted by Crippen LogP contribution is 2.19. The van der Waals surface area contributed by atoms with Crippen molar-refractivity contribution in [1.29, 1.82) is 0 Å². The second-order valence-electron chi connectivity index (χ2n) is 3.16. The second-order valence-corrected chi connectivity index (χ2v) is 3.16. The summed E-state index contributed by atoms with van der Waals surface area (Å²) in [5.41, 5.74) is 2.41. The van der Waals surface area contributed by atoms with E-state index in [1.165, 1.54) is 0 Å². The minimum absolute atomic E-state index is 0.0369. The van der Waals surface area contributed by atoms with Crippen LogP contribution in [0.15, 0.2) is 5.10 Å². The lowest BCUT2D eigenvalue weighted by molar-refractivity contribution is -0.136. The van der Waals surface area contributed by atoms with E-state index in [1.54, 1.807) is 6.92 Å². The Labute approximate surface area is 84.8 Å². The van der Waals surface area contributed by atoms with Crippen LogP contribution in [0.5, 0.6) is 0 Å². The molecular formula is C8H9N3O4. The van der Waals surface area contributed by atoms with E-state index < -0.39 is 29.7 Å². The predicted molar refractivity (Wildman–Crippen MR) is 47.6 cm³/mol. The highest BCUT2D eigenvalue weighted by atomic mass is 16.5. The first kappa shape index (κ1) is 9.63. The minimum Gasteiger partial charge on any atom is -0.461 e. The van der Waals surface area contributed by atoms with Crippen molar-refractivity contribution in [1.82, 2.24) is 10.7 Å². The molecule has 0 aliphatic carbocycles. The molecule has 0 spiro atoms. The molecule has 0 aromatic rings. The highest BCUT2D eigenvalue weighted by Gasteiger charge is 2.50. The smallest absolute Gasteiger partial charge is 0.355 e. The van der Waals surface area contributed by atoms with Gasteiger partial charge < -0.3 is 4.74 Å². The van der Waals surface area contributed by atoms with Gasteiger partial charge in [0.2, 0.25) is 5.91 Å². The summed E-state index contributed by atoms with van der Waals surface area (Å²) in [6.45, 7) is 1.85. The fraction of sp³-hybridized carbons (Fsp3) is 0.500. The summed E-state index contributed by atoms with van der Waals surface area (Å²) >= 11 is 0. The van der Waals surface area contributed by atoms with Crippen LogP contribution >= 0.6 is 0 Å². The molecule has 2 aliphatic heterocycles. The van der Waals surface area contributed by atoms with Crippen LogP contribution in [0.4, 0.5) is 0 Å². The van der Waals surface area contributed by atoms with Crippen molar-refractivity contribution in [2.75, 3.05) is 6.61 Å². The maximum Gasteiger partial charge on any atom is 0.355 e. The summed E-state index contributed by atoms with van der Waals surface area (Å²) in [5, 5.41) is 5.77. The molecule has 0 saturated carbocycles. The first-order valence-corrected chi connectivity index (χ1v) is 4.50. The summed E-state index contributed by atoms with van der Waals surface area (Å²) < 4.78 is 4.72. The molecule has 0 aromatic heterocycles. The Kier molecular flexibility index (Phi) is 2.14. The molecule has 1 saturated heterocycles. The number of amides is 2. The number of esters is 1. The van der Waals surface area contributed by atoms with Gasteiger partial charge in [-0.15, -0.1) is 0 Å². The van der Waals surface area contributed by atoms with Gasteiger partial charge in [0, 0.05) is 0 Å². The number of nitrogens with zero attached hydrogens (tertiary/aromatic N) is 1. The SMILES string of the molecule is CCOC(=O)C1=NN[C@H]2C(=O)NC(=O)[C@@H]12. The van der Waals surface area contributed by atoms with E-state index in [-0.39, 0.29) is 12.3 Å². The maximum absolute atomic E-state index is 11.4. The van der Waals surface area contributed by atoms with Crippen molar-refractivity contribution < 1.29 is 19.1 Å². The number of carbonyl (C=O) groups excluding carboxylic acids is 3. The molecule has 1 fully saturated rings. The Balaban J connectivity index is 2.20. The van der Waals surface area contributed by atoms with Crippen LogP contribution in [0.2, 0.25) is 0 Å². The molecule has 0 aromatic carbocycles. The molecule has 2 heterocycles. The molecule has 80 valence electrons. The van der Waals surface area contributed by atoms with Crippen LogP contribution < -0.4 is 10.7 Å². The number of rotatable bonds is 2. The first-order valence-electron chi connectivity index (χ1n) is 4.50. The van der Waals surface area contributed by atoms with Gasteiger partial charge in [0.15, 0.2) is 5.71 Å². The van der Waals surface area contributed by atoms with Crippen molar-refractivity contribution >= 4 is 23.5 Å². The molecule has 15 heavy (non-hydrogen) atoms. The maximum atomic E-state index is 11.4. The van der Waals surface area contributed by atoms with E-state index in [9.17, 15) is 14.4 Å². The van der Waals surface area contributed by atoms with E-state index in [2.05, 4.69) is 15.8 Å². The van der Waals surface area contributed by atoms with Crippen molar-refractivity contribution in [3.8, 4) is 0 Å². The van der Waals surface area contributed by atoms with E-state index in [1.807, 2.05) is 0 Å². The van der Waals surface area contributed by atoms with Crippen molar-refractivity contribution in [3.63, 3.8) is 0 Å². The molecule has 2 N–H and O–H groups in total. The summed E-state index contributed by atoms with van der Waals surface area (Å²) in [4.78, 5) is 33.9. The Hall–Kier alpha value is -1.92. The molecule has 0 radical (unpaired) electrons. The number of hydrogen-bond donors (Lipinski definition) is 2. The third-order valence-electron chi connectivity index (χ3n) is 2.25. The summed E-state index contributed by atoms with van der Waals surface area (Å²) in [6.07, 6.45) is 0. The zero-order chi connectivity index (χ0) is 11.0. The molecule has 2 aliphatic rings. The van der Waals surface area contributed by atoms with Gasteiger partial charge in [0.1, 0.15) is 12.0 Å². The average molecular weight is 211 g/mol. The van der Waals surface area contributed by atoms with Gasteiger partial charge in [0.05, 0.1) is 6.61 Å². The molecule has 2 rings (SSSR count). The number of nitrogens with one attached hydrogen (secondary N) is 2. The van der Waals surface area contributed by atoms with Gasteiger partial charge in [-0.1, -0.05) is 0 Å². The fourth-order valence-corrected chi connectivity index (χ4v) is 1.58. The van der Waals surface area contributed by atoms with Gasteiger partial charge in [0.25, 0.3) is 5.91 Å². The standard InChI is InChI=1S/C8H9N3O4/c1-2-15-8(14)5-3-4(10-11-5)7(13)9-6(3)12/h3-4,10H,2H2,1H3,(H,9,12,13)/t3-,4-/m1/s1. The summed E-state index contributed by atoms with van der Waals surface area (Å²) in [5.74, 6) is -2.49. The number of ether oxygens (including phenoxy) is 1. The lowest BCUT2D eigenvalue weighted by atomic mass is 9.99. The van der Waals surface area contributed by atoms with E-state index in [4.69, 9.17) is 4.74 Å². The Morgan fingerprint density at radius 2 is 2.20 bits per heavy atom. The lowest BCUT2D eigenvalue weighted by Gasteiger charge is -2.05. The molecule has 0 unspecified atom stereocenters. The number of fused-ring (bicyclic) bond motifs is 1. The number of carbonyl (C=O) groups is 3. The van der Waals surface area contributed by atoms with E-state index >= 15 is 0 Å². The van der Waals surface area contributed by atoms with Crippen LogP contribution in [0.1, 0.15) is 6.92 Å². The van der Waals surface area contributed by atoms with Crippen LogP contribution in [-0.4, -0.2) is 36.1 Å². The zero-order valence-corrected chi connectivity index (χ0v) is 7.94. The summed E-state index contributed by atoms with van der Waals surface area (Å²) in [7, 11) is 0. The fourth-order valence-electron chi connectivity index (χ4n) is 1.58. The molecule has 2 atom stereocenters. The van der Waals surface area contributed by atoms with Gasteiger partial charge in [-0.2, -0.15) is 5.10 Å². The highest BCUT2D eigenvalue weighted by molar-refractivity contribution is 6.44. The normalized spacial score (nSPS) is 27.9. The quantitative estimate of drug-likeness (QED) is 0.413. The predicted octanol–water partition coefficient (Wildman–Crippen LogP) is -1.85. The zero-order valence-electron chi connectivity index (χ0n) is 7.94. The van der Waals surface area contributed by atoms with Gasteiger partial charge >= 0.3 is 5.97 Å². The van der Waals surface area contributed by atoms with Gasteiger partial charge in [-0.05, 0) is 6.92 Å². The van der Waals surface area contributed by atoms with Crippen molar-refractivity contribution in [2.45, 2.75) is 13.0 Å². The number of hydrazone groups is 1. The Bertz CT molecular complexity index is 376. The second kappa shape index (κ2) is 3.34. The topological polar surface area (TPSA) is 96.9 Å². The largest absolute Gasteiger partial charge is 0.461 e. The first-order chi connectivity index (χ1) is 7.15. The molecule has 2 amide bonds. The van der Waals surface area contributed by atoms with Crippen LogP contribution in [0.3, 0.4) is 0 Å². The summed E-state index contributed by atoms with van der Waals surface area (Å²) in [6, 6.07) is -0.767. The van der Waals surface area contributed by atoms with Crippen molar-refractivity contribution in [3.05, 3.63) is 0 Å². The third kappa shape index (κ3) is 1.36. The monoisotopic (exact) mass is 211 g/mol. The van der Waals surface area contributed by atoms with Crippen LogP contribution in [0.25, 0.3) is 0 Å². The van der Waals surface area contributed by atoms with Crippen LogP contribution in [0, 0.1) is 5.92 Å². The molecular weight excluding hydrogens is 202 g/mol. The molecule has 0 bridgehead atoms. The van der Waals surface area contributed by atoms with Crippen molar-refractivity contribution in [2.24, 2.45) is 11.0 Å². The number of imide groups is 1. The molecule has 7 nitrogen and oxygen atoms in total.